The van der Waals surface area contributed by atoms with Crippen molar-refractivity contribution in [3.05, 3.63) is 100 Å². The van der Waals surface area contributed by atoms with Crippen LogP contribution < -0.4 is 9.47 Å². The van der Waals surface area contributed by atoms with E-state index in [4.69, 9.17) is 21.7 Å². The highest BCUT2D eigenvalue weighted by Gasteiger charge is 2.32. The SMILES string of the molecule is CCOc1cc(/C=C2/SC(=S)N(Cc3ccccc3)C2=O)ccc1OC(=O)c1ccccc1. The zero-order valence-electron chi connectivity index (χ0n) is 17.9. The second-order valence-corrected chi connectivity index (χ2v) is 8.82. The van der Waals surface area contributed by atoms with Gasteiger partial charge in [0.25, 0.3) is 5.91 Å². The van der Waals surface area contributed by atoms with Gasteiger partial charge in [0.15, 0.2) is 11.5 Å². The molecule has 3 aromatic rings. The highest BCUT2D eigenvalue weighted by molar-refractivity contribution is 8.26. The van der Waals surface area contributed by atoms with Crippen LogP contribution in [-0.2, 0) is 11.3 Å². The number of amides is 1. The lowest BCUT2D eigenvalue weighted by atomic mass is 10.1. The van der Waals surface area contributed by atoms with E-state index >= 15 is 0 Å². The van der Waals surface area contributed by atoms with Crippen molar-refractivity contribution in [3.63, 3.8) is 0 Å². The smallest absolute Gasteiger partial charge is 0.343 e. The molecule has 0 N–H and O–H groups in total. The number of hydrogen-bond donors (Lipinski definition) is 0. The minimum absolute atomic E-state index is 0.133. The first-order valence-electron chi connectivity index (χ1n) is 10.4. The first kappa shape index (κ1) is 22.8. The summed E-state index contributed by atoms with van der Waals surface area (Å²) in [5.41, 5.74) is 2.21. The number of esters is 1. The van der Waals surface area contributed by atoms with Gasteiger partial charge in [0.1, 0.15) is 4.32 Å². The summed E-state index contributed by atoms with van der Waals surface area (Å²) in [5, 5.41) is 0. The lowest BCUT2D eigenvalue weighted by Crippen LogP contribution is -2.27. The summed E-state index contributed by atoms with van der Waals surface area (Å²) in [5.74, 6) is 0.146. The van der Waals surface area contributed by atoms with Gasteiger partial charge in [0, 0.05) is 0 Å². The molecular weight excluding hydrogens is 454 g/mol. The van der Waals surface area contributed by atoms with Gasteiger partial charge in [-0.25, -0.2) is 4.79 Å². The predicted molar refractivity (Wildman–Crippen MR) is 134 cm³/mol. The van der Waals surface area contributed by atoms with E-state index in [9.17, 15) is 9.59 Å². The van der Waals surface area contributed by atoms with Crippen LogP contribution in [0, 0.1) is 0 Å². The van der Waals surface area contributed by atoms with E-state index in [1.54, 1.807) is 53.4 Å². The molecule has 0 spiro atoms. The lowest BCUT2D eigenvalue weighted by molar-refractivity contribution is -0.122. The van der Waals surface area contributed by atoms with Crippen LogP contribution in [0.1, 0.15) is 28.4 Å². The number of carbonyl (C=O) groups excluding carboxylic acids is 2. The Morgan fingerprint density at radius 1 is 1.00 bits per heavy atom. The fourth-order valence-corrected chi connectivity index (χ4v) is 4.51. The molecule has 0 saturated carbocycles. The van der Waals surface area contributed by atoms with Crippen molar-refractivity contribution in [1.29, 1.82) is 0 Å². The van der Waals surface area contributed by atoms with Crippen LogP contribution >= 0.6 is 24.0 Å². The van der Waals surface area contributed by atoms with Gasteiger partial charge in [-0.3, -0.25) is 9.69 Å². The third kappa shape index (κ3) is 5.50. The Hall–Kier alpha value is -3.42. The minimum Gasteiger partial charge on any atom is -0.490 e. The zero-order chi connectivity index (χ0) is 23.2. The van der Waals surface area contributed by atoms with Gasteiger partial charge < -0.3 is 9.47 Å². The van der Waals surface area contributed by atoms with Gasteiger partial charge in [0.2, 0.25) is 0 Å². The van der Waals surface area contributed by atoms with E-state index in [1.165, 1.54) is 11.8 Å². The molecule has 1 amide bonds. The molecule has 0 bridgehead atoms. The molecular formula is C26H21NO4S2. The lowest BCUT2D eigenvalue weighted by Gasteiger charge is -2.14. The first-order valence-corrected chi connectivity index (χ1v) is 11.6. The Bertz CT molecular complexity index is 1210. The van der Waals surface area contributed by atoms with Gasteiger partial charge in [-0.2, -0.15) is 0 Å². The Morgan fingerprint density at radius 2 is 1.70 bits per heavy atom. The van der Waals surface area contributed by atoms with Gasteiger partial charge in [0.05, 0.1) is 23.6 Å². The maximum absolute atomic E-state index is 13.0. The molecule has 0 aliphatic carbocycles. The first-order chi connectivity index (χ1) is 16.0. The van der Waals surface area contributed by atoms with Crippen LogP contribution in [0.4, 0.5) is 0 Å². The van der Waals surface area contributed by atoms with Crippen molar-refractivity contribution in [2.75, 3.05) is 6.61 Å². The van der Waals surface area contributed by atoms with Crippen molar-refractivity contribution in [3.8, 4) is 11.5 Å². The third-order valence-electron chi connectivity index (χ3n) is 4.83. The Morgan fingerprint density at radius 3 is 2.39 bits per heavy atom. The molecule has 3 aromatic carbocycles. The third-order valence-corrected chi connectivity index (χ3v) is 6.21. The fraction of sp³-hybridized carbons (Fsp3) is 0.115. The van der Waals surface area contributed by atoms with Crippen LogP contribution in [0.25, 0.3) is 6.08 Å². The van der Waals surface area contributed by atoms with E-state index in [0.29, 0.717) is 39.4 Å². The van der Waals surface area contributed by atoms with Gasteiger partial charge >= 0.3 is 5.97 Å². The number of ether oxygens (including phenoxy) is 2. The summed E-state index contributed by atoms with van der Waals surface area (Å²) < 4.78 is 11.8. The molecule has 0 aromatic heterocycles. The summed E-state index contributed by atoms with van der Waals surface area (Å²) in [6.45, 7) is 2.68. The van der Waals surface area contributed by atoms with E-state index in [-0.39, 0.29) is 5.91 Å². The van der Waals surface area contributed by atoms with E-state index in [2.05, 4.69) is 0 Å². The summed E-state index contributed by atoms with van der Waals surface area (Å²) in [4.78, 5) is 27.5. The molecule has 0 unspecified atom stereocenters. The van der Waals surface area contributed by atoms with Gasteiger partial charge in [-0.1, -0.05) is 78.6 Å². The van der Waals surface area contributed by atoms with Crippen LogP contribution in [-0.4, -0.2) is 27.7 Å². The normalized spacial score (nSPS) is 14.6. The average Bonchev–Trinajstić information content (AvgIpc) is 3.09. The highest BCUT2D eigenvalue weighted by Crippen LogP contribution is 2.35. The van der Waals surface area contributed by atoms with Crippen molar-refractivity contribution in [1.82, 2.24) is 4.90 Å². The zero-order valence-corrected chi connectivity index (χ0v) is 19.5. The second kappa shape index (κ2) is 10.5. The van der Waals surface area contributed by atoms with Crippen molar-refractivity contribution < 1.29 is 19.1 Å². The molecule has 0 radical (unpaired) electrons. The van der Waals surface area contributed by atoms with Crippen molar-refractivity contribution in [2.45, 2.75) is 13.5 Å². The summed E-state index contributed by atoms with van der Waals surface area (Å²) >= 11 is 6.71. The van der Waals surface area contributed by atoms with E-state index in [0.717, 1.165) is 11.1 Å². The number of hydrogen-bond acceptors (Lipinski definition) is 6. The second-order valence-electron chi connectivity index (χ2n) is 7.15. The fourth-order valence-electron chi connectivity index (χ4n) is 3.25. The Labute approximate surface area is 202 Å². The number of nitrogens with zero attached hydrogens (tertiary/aromatic N) is 1. The average molecular weight is 476 g/mol. The molecule has 1 aliphatic heterocycles. The Kier molecular flexibility index (Phi) is 7.22. The number of rotatable bonds is 7. The van der Waals surface area contributed by atoms with Crippen LogP contribution in [0.2, 0.25) is 0 Å². The molecule has 33 heavy (non-hydrogen) atoms. The monoisotopic (exact) mass is 475 g/mol. The Balaban J connectivity index is 1.54. The minimum atomic E-state index is -0.467. The molecule has 1 heterocycles. The molecule has 1 aliphatic rings. The van der Waals surface area contributed by atoms with Crippen LogP contribution in [0.3, 0.4) is 0 Å². The summed E-state index contributed by atoms with van der Waals surface area (Å²) in [6.07, 6.45) is 1.77. The number of thioether (sulfide) groups is 1. The summed E-state index contributed by atoms with van der Waals surface area (Å²) in [7, 11) is 0. The molecule has 1 saturated heterocycles. The maximum Gasteiger partial charge on any atom is 0.343 e. The number of benzene rings is 3. The van der Waals surface area contributed by atoms with Crippen molar-refractivity contribution >= 4 is 46.3 Å². The quantitative estimate of drug-likeness (QED) is 0.189. The van der Waals surface area contributed by atoms with Gasteiger partial charge in [-0.15, -0.1) is 0 Å². The van der Waals surface area contributed by atoms with E-state index in [1.807, 2.05) is 43.3 Å². The molecule has 7 heteroatoms. The highest BCUT2D eigenvalue weighted by atomic mass is 32.2. The molecule has 166 valence electrons. The number of carbonyl (C=O) groups is 2. The predicted octanol–water partition coefficient (Wildman–Crippen LogP) is 5.71. The largest absolute Gasteiger partial charge is 0.490 e. The van der Waals surface area contributed by atoms with E-state index < -0.39 is 5.97 Å². The van der Waals surface area contributed by atoms with Gasteiger partial charge in [-0.05, 0) is 48.4 Å². The van der Waals surface area contributed by atoms with Crippen LogP contribution in [0.5, 0.6) is 11.5 Å². The maximum atomic E-state index is 13.0. The molecule has 4 rings (SSSR count). The number of thiocarbonyl (C=S) groups is 1. The molecule has 0 atom stereocenters. The topological polar surface area (TPSA) is 55.8 Å². The molecule has 1 fully saturated rings. The molecule has 5 nitrogen and oxygen atoms in total. The standard InChI is InChI=1S/C26H21NO4S2/c1-2-30-22-15-19(13-14-21(22)31-25(29)20-11-7-4-8-12-20)16-23-24(28)27(26(32)33-23)17-18-9-5-3-6-10-18/h3-16H,2,17H2,1H3/b23-16+. The summed E-state index contributed by atoms with van der Waals surface area (Å²) in [6, 6.07) is 23.7. The van der Waals surface area contributed by atoms with Crippen LogP contribution in [0.15, 0.2) is 83.8 Å². The van der Waals surface area contributed by atoms with Crippen molar-refractivity contribution in [2.24, 2.45) is 0 Å².